The summed E-state index contributed by atoms with van der Waals surface area (Å²) in [6, 6.07) is 13.5. The average molecular weight is 502 g/mol. The number of hydrogen-bond acceptors (Lipinski definition) is 7. The normalized spacial score (nSPS) is 18.1. The highest BCUT2D eigenvalue weighted by atomic mass is 16.5. The molecule has 37 heavy (non-hydrogen) atoms. The number of aromatic nitrogens is 3. The Bertz CT molecular complexity index is 1350. The lowest BCUT2D eigenvalue weighted by Crippen LogP contribution is -2.36. The van der Waals surface area contributed by atoms with E-state index in [0.29, 0.717) is 35.3 Å². The lowest BCUT2D eigenvalue weighted by atomic mass is 9.73. The topological polar surface area (TPSA) is 81.5 Å². The Morgan fingerprint density at radius 2 is 1.78 bits per heavy atom. The first-order valence-electron chi connectivity index (χ1n) is 12.9. The molecule has 1 unspecified atom stereocenters. The zero-order valence-corrected chi connectivity index (χ0v) is 22.5. The van der Waals surface area contributed by atoms with Crippen molar-refractivity contribution in [3.8, 4) is 22.9 Å². The van der Waals surface area contributed by atoms with Crippen molar-refractivity contribution in [1.29, 1.82) is 0 Å². The molecule has 0 spiro atoms. The molecule has 0 radical (unpaired) electrons. The summed E-state index contributed by atoms with van der Waals surface area (Å²) in [5.41, 5.74) is 4.38. The molecule has 3 aromatic rings. The van der Waals surface area contributed by atoms with Gasteiger partial charge in [-0.3, -0.25) is 4.79 Å². The standard InChI is InChI=1S/C29H35N5O3/c1-7-33(8-2)19-11-9-18(10-12-19)27-31-28-30-22-16-29(3,4)17-23(35)25(22)26(34(28)32-27)21-15-20(36-5)13-14-24(21)37-6/h9-15,26H,7-8,16-17H2,1-6H3,(H,30,31,32). The van der Waals surface area contributed by atoms with Crippen LogP contribution < -0.4 is 19.7 Å². The Balaban J connectivity index is 1.64. The van der Waals surface area contributed by atoms with Crippen LogP contribution in [0.1, 0.15) is 52.1 Å². The third-order valence-electron chi connectivity index (χ3n) is 7.32. The molecule has 0 fully saturated rings. The van der Waals surface area contributed by atoms with Crippen LogP contribution in [-0.4, -0.2) is 47.9 Å². The van der Waals surface area contributed by atoms with Crippen molar-refractivity contribution >= 4 is 17.4 Å². The van der Waals surface area contributed by atoms with Crippen LogP contribution in [0.25, 0.3) is 11.4 Å². The van der Waals surface area contributed by atoms with Crippen LogP contribution in [0.3, 0.4) is 0 Å². The minimum absolute atomic E-state index is 0.111. The third-order valence-corrected chi connectivity index (χ3v) is 7.32. The van der Waals surface area contributed by atoms with E-state index in [2.05, 4.69) is 62.2 Å². The van der Waals surface area contributed by atoms with Crippen LogP contribution in [-0.2, 0) is 4.79 Å². The van der Waals surface area contributed by atoms with Crippen molar-refractivity contribution in [2.45, 2.75) is 46.6 Å². The number of hydrogen-bond donors (Lipinski definition) is 1. The second-order valence-corrected chi connectivity index (χ2v) is 10.4. The second-order valence-electron chi connectivity index (χ2n) is 10.4. The second kappa shape index (κ2) is 9.57. The van der Waals surface area contributed by atoms with Crippen molar-refractivity contribution in [2.24, 2.45) is 5.41 Å². The van der Waals surface area contributed by atoms with Gasteiger partial charge in [-0.2, -0.15) is 4.98 Å². The maximum absolute atomic E-state index is 13.6. The summed E-state index contributed by atoms with van der Waals surface area (Å²) >= 11 is 0. The number of nitrogens with zero attached hydrogens (tertiary/aromatic N) is 4. The molecule has 2 aliphatic rings. The van der Waals surface area contributed by atoms with E-state index in [9.17, 15) is 4.79 Å². The summed E-state index contributed by atoms with van der Waals surface area (Å²) in [5, 5.41) is 8.39. The van der Waals surface area contributed by atoms with Crippen molar-refractivity contribution in [3.05, 3.63) is 59.3 Å². The zero-order valence-electron chi connectivity index (χ0n) is 22.5. The first kappa shape index (κ1) is 24.9. The van der Waals surface area contributed by atoms with E-state index in [1.165, 1.54) is 5.69 Å². The molecule has 194 valence electrons. The minimum atomic E-state index is -0.476. The van der Waals surface area contributed by atoms with Gasteiger partial charge in [-0.05, 0) is 68.1 Å². The Morgan fingerprint density at radius 1 is 1.05 bits per heavy atom. The van der Waals surface area contributed by atoms with Gasteiger partial charge in [-0.1, -0.05) is 13.8 Å². The van der Waals surface area contributed by atoms with Crippen molar-refractivity contribution in [2.75, 3.05) is 37.5 Å². The van der Waals surface area contributed by atoms with Gasteiger partial charge in [0, 0.05) is 47.6 Å². The number of fused-ring (bicyclic) bond motifs is 1. The van der Waals surface area contributed by atoms with E-state index < -0.39 is 6.04 Å². The molecule has 2 aromatic carbocycles. The molecule has 1 atom stereocenters. The lowest BCUT2D eigenvalue weighted by Gasteiger charge is -2.38. The summed E-state index contributed by atoms with van der Waals surface area (Å²) in [7, 11) is 3.27. The van der Waals surface area contributed by atoms with Gasteiger partial charge >= 0.3 is 0 Å². The number of methoxy groups -OCH3 is 2. The van der Waals surface area contributed by atoms with Gasteiger partial charge in [0.05, 0.1) is 14.2 Å². The molecule has 0 amide bonds. The molecule has 0 saturated heterocycles. The number of ketones is 1. The zero-order chi connectivity index (χ0) is 26.3. The molecule has 2 heterocycles. The number of benzene rings is 2. The van der Waals surface area contributed by atoms with E-state index >= 15 is 0 Å². The number of anilines is 2. The third kappa shape index (κ3) is 4.45. The fourth-order valence-corrected chi connectivity index (χ4v) is 5.48. The predicted molar refractivity (Wildman–Crippen MR) is 145 cm³/mol. The highest BCUT2D eigenvalue weighted by Gasteiger charge is 2.43. The molecule has 0 saturated carbocycles. The van der Waals surface area contributed by atoms with Gasteiger partial charge < -0.3 is 19.7 Å². The molecule has 1 aromatic heterocycles. The van der Waals surface area contributed by atoms with Crippen LogP contribution >= 0.6 is 0 Å². The van der Waals surface area contributed by atoms with E-state index in [1.54, 1.807) is 14.2 Å². The summed E-state index contributed by atoms with van der Waals surface area (Å²) in [6.45, 7) is 10.4. The number of nitrogens with one attached hydrogen (secondary N) is 1. The number of ether oxygens (including phenoxy) is 2. The first-order valence-corrected chi connectivity index (χ1v) is 12.9. The quantitative estimate of drug-likeness (QED) is 0.460. The highest BCUT2D eigenvalue weighted by Crippen LogP contribution is 2.47. The molecule has 0 bridgehead atoms. The number of allylic oxidation sites excluding steroid dienone is 2. The van der Waals surface area contributed by atoms with Gasteiger partial charge in [0.2, 0.25) is 5.95 Å². The van der Waals surface area contributed by atoms with Gasteiger partial charge in [0.15, 0.2) is 11.6 Å². The molecule has 5 rings (SSSR count). The molecule has 1 N–H and O–H groups in total. The number of rotatable bonds is 7. The van der Waals surface area contributed by atoms with E-state index in [1.807, 2.05) is 22.9 Å². The summed E-state index contributed by atoms with van der Waals surface area (Å²) in [6.07, 6.45) is 1.22. The molecular formula is C29H35N5O3. The summed E-state index contributed by atoms with van der Waals surface area (Å²) < 4.78 is 13.1. The highest BCUT2D eigenvalue weighted by molar-refractivity contribution is 6.00. The fraction of sp³-hybridized carbons (Fsp3) is 0.414. The summed E-state index contributed by atoms with van der Waals surface area (Å²) in [5.74, 6) is 2.69. The number of carbonyl (C=O) groups is 1. The predicted octanol–water partition coefficient (Wildman–Crippen LogP) is 5.47. The fourth-order valence-electron chi connectivity index (χ4n) is 5.48. The molecular weight excluding hydrogens is 466 g/mol. The van der Waals surface area contributed by atoms with Gasteiger partial charge in [0.25, 0.3) is 0 Å². The van der Waals surface area contributed by atoms with Crippen molar-refractivity contribution in [3.63, 3.8) is 0 Å². The number of carbonyl (C=O) groups excluding carboxylic acids is 1. The van der Waals surface area contributed by atoms with Gasteiger partial charge in [-0.15, -0.1) is 5.10 Å². The van der Waals surface area contributed by atoms with Crippen LogP contribution in [0.15, 0.2) is 53.7 Å². The molecule has 8 nitrogen and oxygen atoms in total. The van der Waals surface area contributed by atoms with Crippen LogP contribution in [0.5, 0.6) is 11.5 Å². The SMILES string of the molecule is CCN(CC)c1ccc(-c2nc3n(n2)C(c2cc(OC)ccc2OC)C2=C(CC(C)(C)CC2=O)N3)cc1. The van der Waals surface area contributed by atoms with E-state index in [0.717, 1.165) is 36.3 Å². The van der Waals surface area contributed by atoms with E-state index in [-0.39, 0.29) is 11.2 Å². The smallest absolute Gasteiger partial charge is 0.226 e. The maximum Gasteiger partial charge on any atom is 0.226 e. The lowest BCUT2D eigenvalue weighted by molar-refractivity contribution is -0.118. The Morgan fingerprint density at radius 3 is 2.43 bits per heavy atom. The Kier molecular flexibility index (Phi) is 6.43. The minimum Gasteiger partial charge on any atom is -0.497 e. The van der Waals surface area contributed by atoms with E-state index in [4.69, 9.17) is 19.6 Å². The molecule has 1 aliphatic carbocycles. The Hall–Kier alpha value is -3.81. The van der Waals surface area contributed by atoms with Crippen LogP contribution in [0.2, 0.25) is 0 Å². The summed E-state index contributed by atoms with van der Waals surface area (Å²) in [4.78, 5) is 20.8. The number of Topliss-reactive ketones (excluding diaryl/α,β-unsaturated/α-hetero) is 1. The maximum atomic E-state index is 13.6. The van der Waals surface area contributed by atoms with Crippen molar-refractivity contribution < 1.29 is 14.3 Å². The largest absolute Gasteiger partial charge is 0.497 e. The van der Waals surface area contributed by atoms with Gasteiger partial charge in [-0.25, -0.2) is 4.68 Å². The molecule has 8 heteroatoms. The van der Waals surface area contributed by atoms with Crippen LogP contribution in [0, 0.1) is 5.41 Å². The molecule has 1 aliphatic heterocycles. The van der Waals surface area contributed by atoms with Crippen molar-refractivity contribution in [1.82, 2.24) is 14.8 Å². The Labute approximate surface area is 218 Å². The van der Waals surface area contributed by atoms with Gasteiger partial charge in [0.1, 0.15) is 17.5 Å². The van der Waals surface area contributed by atoms with Crippen LogP contribution in [0.4, 0.5) is 11.6 Å². The average Bonchev–Trinajstić information content (AvgIpc) is 3.31. The first-order chi connectivity index (χ1) is 17.8. The monoisotopic (exact) mass is 501 g/mol.